The zero-order valence-corrected chi connectivity index (χ0v) is 12.6. The van der Waals surface area contributed by atoms with Gasteiger partial charge >= 0.3 is 0 Å². The SMILES string of the molecule is COc1ccc2nc(Sc3nc(Cl)ncc3Cl)[nH]c2c1. The van der Waals surface area contributed by atoms with Gasteiger partial charge in [-0.05, 0) is 35.5 Å². The molecule has 5 nitrogen and oxygen atoms in total. The molecule has 3 aromatic rings. The molecule has 0 amide bonds. The molecule has 0 bridgehead atoms. The Morgan fingerprint density at radius 2 is 2.10 bits per heavy atom. The lowest BCUT2D eigenvalue weighted by Crippen LogP contribution is -1.87. The normalized spacial score (nSPS) is 10.9. The summed E-state index contributed by atoms with van der Waals surface area (Å²) in [5, 5.41) is 1.80. The van der Waals surface area contributed by atoms with Gasteiger partial charge in [0.05, 0.1) is 29.4 Å². The highest BCUT2D eigenvalue weighted by molar-refractivity contribution is 7.99. The third-order valence-electron chi connectivity index (χ3n) is 2.54. The Kier molecular flexibility index (Phi) is 3.69. The van der Waals surface area contributed by atoms with Gasteiger partial charge in [0.1, 0.15) is 10.8 Å². The molecule has 0 saturated carbocycles. The van der Waals surface area contributed by atoms with Crippen LogP contribution in [0.5, 0.6) is 5.75 Å². The van der Waals surface area contributed by atoms with Gasteiger partial charge in [-0.3, -0.25) is 0 Å². The molecule has 3 rings (SSSR count). The molecule has 0 fully saturated rings. The number of hydrogen-bond acceptors (Lipinski definition) is 5. The molecule has 0 aliphatic carbocycles. The largest absolute Gasteiger partial charge is 0.497 e. The Bertz CT molecular complexity index is 777. The lowest BCUT2D eigenvalue weighted by Gasteiger charge is -1.99. The van der Waals surface area contributed by atoms with Gasteiger partial charge in [0.25, 0.3) is 0 Å². The van der Waals surface area contributed by atoms with E-state index in [9.17, 15) is 0 Å². The van der Waals surface area contributed by atoms with Crippen molar-refractivity contribution in [1.82, 2.24) is 19.9 Å². The van der Waals surface area contributed by atoms with Crippen LogP contribution in [0.25, 0.3) is 11.0 Å². The topological polar surface area (TPSA) is 63.7 Å². The monoisotopic (exact) mass is 326 g/mol. The summed E-state index contributed by atoms with van der Waals surface area (Å²) >= 11 is 13.1. The number of ether oxygens (including phenoxy) is 1. The van der Waals surface area contributed by atoms with E-state index in [0.717, 1.165) is 16.8 Å². The zero-order valence-electron chi connectivity index (χ0n) is 10.2. The number of nitrogens with zero attached hydrogens (tertiary/aromatic N) is 3. The number of fused-ring (bicyclic) bond motifs is 1. The summed E-state index contributed by atoms with van der Waals surface area (Å²) in [6.45, 7) is 0. The molecule has 0 aliphatic rings. The van der Waals surface area contributed by atoms with Crippen LogP contribution >= 0.6 is 35.0 Å². The fourth-order valence-corrected chi connectivity index (χ4v) is 2.80. The minimum atomic E-state index is 0.148. The maximum Gasteiger partial charge on any atom is 0.223 e. The van der Waals surface area contributed by atoms with Crippen molar-refractivity contribution in [2.45, 2.75) is 10.2 Å². The molecule has 20 heavy (non-hydrogen) atoms. The molecule has 0 atom stereocenters. The Balaban J connectivity index is 1.96. The van der Waals surface area contributed by atoms with Crippen LogP contribution in [0.1, 0.15) is 0 Å². The maximum absolute atomic E-state index is 6.03. The summed E-state index contributed by atoms with van der Waals surface area (Å²) < 4.78 is 5.17. The summed E-state index contributed by atoms with van der Waals surface area (Å²) in [7, 11) is 1.62. The van der Waals surface area contributed by atoms with Gasteiger partial charge in [0, 0.05) is 6.07 Å². The molecule has 0 radical (unpaired) electrons. The highest BCUT2D eigenvalue weighted by Gasteiger charge is 2.10. The van der Waals surface area contributed by atoms with E-state index in [1.165, 1.54) is 18.0 Å². The highest BCUT2D eigenvalue weighted by atomic mass is 35.5. The number of rotatable bonds is 3. The van der Waals surface area contributed by atoms with Crippen molar-refractivity contribution in [3.8, 4) is 5.75 Å². The van der Waals surface area contributed by atoms with Crippen molar-refractivity contribution < 1.29 is 4.74 Å². The van der Waals surface area contributed by atoms with Crippen molar-refractivity contribution in [2.75, 3.05) is 7.11 Å². The average Bonchev–Trinajstić information content (AvgIpc) is 2.84. The van der Waals surface area contributed by atoms with Crippen molar-refractivity contribution in [2.24, 2.45) is 0 Å². The van der Waals surface area contributed by atoms with Gasteiger partial charge in [-0.1, -0.05) is 11.6 Å². The molecule has 0 saturated heterocycles. The number of benzene rings is 1. The number of hydrogen-bond donors (Lipinski definition) is 1. The Morgan fingerprint density at radius 1 is 1.25 bits per heavy atom. The first-order valence-electron chi connectivity index (χ1n) is 5.55. The predicted octanol–water partition coefficient (Wildman–Crippen LogP) is 3.82. The molecule has 1 N–H and O–H groups in total. The van der Waals surface area contributed by atoms with E-state index >= 15 is 0 Å². The molecule has 1 aromatic carbocycles. The lowest BCUT2D eigenvalue weighted by atomic mass is 10.3. The van der Waals surface area contributed by atoms with Crippen LogP contribution in [0.15, 0.2) is 34.6 Å². The first kappa shape index (κ1) is 13.5. The van der Waals surface area contributed by atoms with E-state index in [1.807, 2.05) is 18.2 Å². The number of H-pyrrole nitrogens is 1. The van der Waals surface area contributed by atoms with E-state index in [0.29, 0.717) is 15.2 Å². The predicted molar refractivity (Wildman–Crippen MR) is 78.8 cm³/mol. The van der Waals surface area contributed by atoms with E-state index in [4.69, 9.17) is 27.9 Å². The summed E-state index contributed by atoms with van der Waals surface area (Å²) in [6.07, 6.45) is 1.46. The van der Waals surface area contributed by atoms with Crippen molar-refractivity contribution >= 4 is 46.0 Å². The number of aromatic nitrogens is 4. The fourth-order valence-electron chi connectivity index (χ4n) is 1.63. The second-order valence-corrected chi connectivity index (χ2v) is 5.54. The second-order valence-electron chi connectivity index (χ2n) is 3.82. The van der Waals surface area contributed by atoms with Gasteiger partial charge in [0.2, 0.25) is 5.28 Å². The van der Waals surface area contributed by atoms with Gasteiger partial charge in [0.15, 0.2) is 5.16 Å². The Morgan fingerprint density at radius 3 is 2.90 bits per heavy atom. The van der Waals surface area contributed by atoms with Gasteiger partial charge in [-0.25, -0.2) is 15.0 Å². The average molecular weight is 327 g/mol. The molecule has 0 aliphatic heterocycles. The standard InChI is InChI=1S/C12H8Cl2N4OS/c1-19-6-2-3-8-9(4-6)17-12(16-8)20-10-7(13)5-15-11(14)18-10/h2-5H,1H3,(H,16,17). The van der Waals surface area contributed by atoms with Crippen LogP contribution in [0.2, 0.25) is 10.3 Å². The van der Waals surface area contributed by atoms with Crippen LogP contribution < -0.4 is 4.74 Å². The summed E-state index contributed by atoms with van der Waals surface area (Å²) in [5.74, 6) is 0.765. The van der Waals surface area contributed by atoms with E-state index < -0.39 is 0 Å². The van der Waals surface area contributed by atoms with Crippen LogP contribution in [0, 0.1) is 0 Å². The van der Waals surface area contributed by atoms with E-state index in [-0.39, 0.29) is 5.28 Å². The smallest absolute Gasteiger partial charge is 0.223 e. The molecule has 0 unspecified atom stereocenters. The minimum Gasteiger partial charge on any atom is -0.497 e. The number of methoxy groups -OCH3 is 1. The summed E-state index contributed by atoms with van der Waals surface area (Å²) in [4.78, 5) is 15.5. The summed E-state index contributed by atoms with van der Waals surface area (Å²) in [5.41, 5.74) is 1.72. The van der Waals surface area contributed by atoms with Gasteiger partial charge < -0.3 is 9.72 Å². The van der Waals surface area contributed by atoms with Crippen molar-refractivity contribution in [3.63, 3.8) is 0 Å². The maximum atomic E-state index is 6.03. The summed E-state index contributed by atoms with van der Waals surface area (Å²) in [6, 6.07) is 5.61. The fraction of sp³-hybridized carbons (Fsp3) is 0.0833. The number of aromatic amines is 1. The number of nitrogens with one attached hydrogen (secondary N) is 1. The van der Waals surface area contributed by atoms with Crippen molar-refractivity contribution in [1.29, 1.82) is 0 Å². The number of halogens is 2. The number of imidazole rings is 1. The first-order valence-corrected chi connectivity index (χ1v) is 7.12. The molecular formula is C12H8Cl2N4OS. The molecule has 2 aromatic heterocycles. The van der Waals surface area contributed by atoms with Crippen LogP contribution in [-0.2, 0) is 0 Å². The molecule has 2 heterocycles. The Labute approximate surface area is 128 Å². The van der Waals surface area contributed by atoms with Crippen LogP contribution in [0.3, 0.4) is 0 Å². The van der Waals surface area contributed by atoms with E-state index in [1.54, 1.807) is 7.11 Å². The molecule has 102 valence electrons. The molecular weight excluding hydrogens is 319 g/mol. The second kappa shape index (κ2) is 5.47. The molecule has 0 spiro atoms. The third-order valence-corrected chi connectivity index (χ3v) is 4.01. The zero-order chi connectivity index (χ0) is 14.1. The molecule has 8 heteroatoms. The lowest BCUT2D eigenvalue weighted by molar-refractivity contribution is 0.415. The quantitative estimate of drug-likeness (QED) is 0.585. The minimum absolute atomic E-state index is 0.148. The van der Waals surface area contributed by atoms with Crippen LogP contribution in [0.4, 0.5) is 0 Å². The van der Waals surface area contributed by atoms with Crippen LogP contribution in [-0.4, -0.2) is 27.0 Å². The first-order chi connectivity index (χ1) is 9.65. The van der Waals surface area contributed by atoms with Gasteiger partial charge in [-0.15, -0.1) is 0 Å². The van der Waals surface area contributed by atoms with Gasteiger partial charge in [-0.2, -0.15) is 0 Å². The van der Waals surface area contributed by atoms with E-state index in [2.05, 4.69) is 19.9 Å². The highest BCUT2D eigenvalue weighted by Crippen LogP contribution is 2.31. The third kappa shape index (κ3) is 2.67. The Hall–Kier alpha value is -1.50. The van der Waals surface area contributed by atoms with Crippen molar-refractivity contribution in [3.05, 3.63) is 34.7 Å².